The van der Waals surface area contributed by atoms with E-state index in [-0.39, 0.29) is 5.91 Å². The number of carboxylic acids is 1. The molecule has 1 atom stereocenters. The quantitative estimate of drug-likeness (QED) is 0.613. The Morgan fingerprint density at radius 2 is 1.68 bits per heavy atom. The van der Waals surface area contributed by atoms with Crippen LogP contribution >= 0.6 is 0 Å². The second-order valence-corrected chi connectivity index (χ2v) is 8.35. The van der Waals surface area contributed by atoms with Crippen molar-refractivity contribution in [3.05, 3.63) is 71.8 Å². The van der Waals surface area contributed by atoms with Gasteiger partial charge >= 0.3 is 5.97 Å². The molecule has 6 nitrogen and oxygen atoms in total. The summed E-state index contributed by atoms with van der Waals surface area (Å²) in [5.74, 6) is -1.34. The van der Waals surface area contributed by atoms with Gasteiger partial charge in [-0.1, -0.05) is 60.7 Å². The summed E-state index contributed by atoms with van der Waals surface area (Å²) in [5, 5.41) is 12.9. The van der Waals surface area contributed by atoms with Crippen LogP contribution in [-0.4, -0.2) is 60.8 Å². The number of carbonyl (C=O) groups is 2. The second kappa shape index (κ2) is 11.1. The number of carboxylic acid groups (broad SMARTS) is 1. The van der Waals surface area contributed by atoms with Crippen LogP contribution in [-0.2, 0) is 20.7 Å². The molecule has 31 heavy (non-hydrogen) atoms. The van der Waals surface area contributed by atoms with Gasteiger partial charge in [-0.15, -0.1) is 0 Å². The van der Waals surface area contributed by atoms with Gasteiger partial charge in [-0.25, -0.2) is 0 Å². The summed E-state index contributed by atoms with van der Waals surface area (Å²) in [6.45, 7) is 2.36. The van der Waals surface area contributed by atoms with Crippen molar-refractivity contribution in [1.82, 2.24) is 10.2 Å². The molecular weight excluding hydrogens is 392 g/mol. The van der Waals surface area contributed by atoms with Crippen molar-refractivity contribution < 1.29 is 19.4 Å². The largest absolute Gasteiger partial charge is 0.481 e. The highest BCUT2D eigenvalue weighted by Gasteiger charge is 2.37. The van der Waals surface area contributed by atoms with Gasteiger partial charge in [0.1, 0.15) is 0 Å². The molecule has 2 N–H and O–H groups in total. The van der Waals surface area contributed by atoms with E-state index >= 15 is 0 Å². The SMILES string of the molecule is COCC1(NC(=O)CCc2ccccc2)CCN(CC(C(=O)O)c2ccccc2)CC1. The Hall–Kier alpha value is -2.70. The Morgan fingerprint density at radius 1 is 1.06 bits per heavy atom. The highest BCUT2D eigenvalue weighted by Crippen LogP contribution is 2.26. The molecule has 0 saturated carbocycles. The summed E-state index contributed by atoms with van der Waals surface area (Å²) < 4.78 is 5.44. The van der Waals surface area contributed by atoms with E-state index in [1.54, 1.807) is 7.11 Å². The van der Waals surface area contributed by atoms with Crippen LogP contribution in [0.25, 0.3) is 0 Å². The number of carbonyl (C=O) groups excluding carboxylic acids is 1. The monoisotopic (exact) mass is 424 g/mol. The maximum atomic E-state index is 12.6. The third-order valence-corrected chi connectivity index (χ3v) is 6.06. The Kier molecular flexibility index (Phi) is 8.20. The lowest BCUT2D eigenvalue weighted by atomic mass is 9.87. The van der Waals surface area contributed by atoms with E-state index in [0.29, 0.717) is 26.0 Å². The van der Waals surface area contributed by atoms with Crippen LogP contribution in [0.3, 0.4) is 0 Å². The number of nitrogens with one attached hydrogen (secondary N) is 1. The van der Waals surface area contributed by atoms with Crippen LogP contribution in [0, 0.1) is 0 Å². The number of methoxy groups -OCH3 is 1. The third-order valence-electron chi connectivity index (χ3n) is 6.06. The van der Waals surface area contributed by atoms with E-state index in [9.17, 15) is 14.7 Å². The summed E-state index contributed by atoms with van der Waals surface area (Å²) in [6, 6.07) is 19.4. The molecule has 1 heterocycles. The molecule has 1 amide bonds. The van der Waals surface area contributed by atoms with Gasteiger partial charge in [0.15, 0.2) is 0 Å². The topological polar surface area (TPSA) is 78.9 Å². The fraction of sp³-hybridized carbons (Fsp3) is 0.440. The van der Waals surface area contributed by atoms with Crippen molar-refractivity contribution in [3.8, 4) is 0 Å². The minimum absolute atomic E-state index is 0.0297. The van der Waals surface area contributed by atoms with Crippen molar-refractivity contribution >= 4 is 11.9 Å². The highest BCUT2D eigenvalue weighted by molar-refractivity contribution is 5.77. The summed E-state index contributed by atoms with van der Waals surface area (Å²) in [6.07, 6.45) is 2.62. The zero-order valence-corrected chi connectivity index (χ0v) is 18.1. The zero-order chi connectivity index (χ0) is 22.1. The number of hydrogen-bond acceptors (Lipinski definition) is 4. The summed E-state index contributed by atoms with van der Waals surface area (Å²) in [5.41, 5.74) is 1.57. The number of rotatable bonds is 10. The lowest BCUT2D eigenvalue weighted by Crippen LogP contribution is -2.58. The molecule has 1 aliphatic heterocycles. The molecule has 2 aromatic carbocycles. The van der Waals surface area contributed by atoms with Crippen LogP contribution in [0.4, 0.5) is 0 Å². The summed E-state index contributed by atoms with van der Waals surface area (Å²) in [7, 11) is 1.65. The van der Waals surface area contributed by atoms with E-state index in [4.69, 9.17) is 4.74 Å². The maximum absolute atomic E-state index is 12.6. The van der Waals surface area contributed by atoms with Crippen LogP contribution in [0.5, 0.6) is 0 Å². The molecule has 0 bridgehead atoms. The van der Waals surface area contributed by atoms with Crippen LogP contribution in [0.15, 0.2) is 60.7 Å². The first-order valence-electron chi connectivity index (χ1n) is 10.9. The molecule has 1 unspecified atom stereocenters. The number of ether oxygens (including phenoxy) is 1. The van der Waals surface area contributed by atoms with Crippen LogP contribution in [0.2, 0.25) is 0 Å². The number of aliphatic carboxylic acids is 1. The molecule has 0 aliphatic carbocycles. The van der Waals surface area contributed by atoms with Gasteiger partial charge in [0, 0.05) is 33.2 Å². The molecule has 6 heteroatoms. The zero-order valence-electron chi connectivity index (χ0n) is 18.1. The molecule has 1 saturated heterocycles. The number of piperidine rings is 1. The van der Waals surface area contributed by atoms with Crippen molar-refractivity contribution in [2.24, 2.45) is 0 Å². The molecule has 0 aromatic heterocycles. The van der Waals surface area contributed by atoms with Crippen LogP contribution < -0.4 is 5.32 Å². The summed E-state index contributed by atoms with van der Waals surface area (Å²) in [4.78, 5) is 26.7. The van der Waals surface area contributed by atoms with E-state index in [1.807, 2.05) is 60.7 Å². The first-order valence-corrected chi connectivity index (χ1v) is 10.9. The van der Waals surface area contributed by atoms with Crippen molar-refractivity contribution in [2.75, 3.05) is 33.4 Å². The lowest BCUT2D eigenvalue weighted by molar-refractivity contribution is -0.139. The molecule has 1 aliphatic rings. The van der Waals surface area contributed by atoms with Crippen LogP contribution in [0.1, 0.15) is 36.3 Å². The number of aryl methyl sites for hydroxylation is 1. The van der Waals surface area contributed by atoms with Gasteiger partial charge in [-0.2, -0.15) is 0 Å². The van der Waals surface area contributed by atoms with Gasteiger partial charge in [0.25, 0.3) is 0 Å². The van der Waals surface area contributed by atoms with Gasteiger partial charge in [-0.3, -0.25) is 9.59 Å². The van der Waals surface area contributed by atoms with Crippen molar-refractivity contribution in [2.45, 2.75) is 37.1 Å². The third kappa shape index (κ3) is 6.64. The predicted molar refractivity (Wildman–Crippen MR) is 120 cm³/mol. The smallest absolute Gasteiger partial charge is 0.312 e. The fourth-order valence-electron chi connectivity index (χ4n) is 4.28. The van der Waals surface area contributed by atoms with E-state index in [0.717, 1.165) is 37.1 Å². The number of likely N-dealkylation sites (tertiary alicyclic amines) is 1. The number of hydrogen-bond donors (Lipinski definition) is 2. The van der Waals surface area contributed by atoms with E-state index in [1.165, 1.54) is 0 Å². The fourth-order valence-corrected chi connectivity index (χ4v) is 4.28. The normalized spacial score (nSPS) is 17.1. The van der Waals surface area contributed by atoms with Gasteiger partial charge in [-0.05, 0) is 30.4 Å². The minimum atomic E-state index is -0.811. The molecule has 2 aromatic rings. The Balaban J connectivity index is 1.55. The minimum Gasteiger partial charge on any atom is -0.481 e. The standard InChI is InChI=1S/C25H32N2O4/c1-31-19-25(26-23(28)13-12-20-8-4-2-5-9-20)14-16-27(17-15-25)18-22(24(29)30)21-10-6-3-7-11-21/h2-11,22H,12-19H2,1H3,(H,26,28)(H,29,30). The molecule has 1 fully saturated rings. The Morgan fingerprint density at radius 3 is 2.26 bits per heavy atom. The average molecular weight is 425 g/mol. The maximum Gasteiger partial charge on any atom is 0.312 e. The van der Waals surface area contributed by atoms with Gasteiger partial charge < -0.3 is 20.1 Å². The Labute approximate surface area is 184 Å². The van der Waals surface area contributed by atoms with E-state index < -0.39 is 17.4 Å². The number of amides is 1. The number of benzene rings is 2. The molecular formula is C25H32N2O4. The van der Waals surface area contributed by atoms with E-state index in [2.05, 4.69) is 10.2 Å². The van der Waals surface area contributed by atoms with Gasteiger partial charge in [0.2, 0.25) is 5.91 Å². The van der Waals surface area contributed by atoms with Gasteiger partial charge in [0.05, 0.1) is 18.1 Å². The average Bonchev–Trinajstić information content (AvgIpc) is 2.78. The van der Waals surface area contributed by atoms with Crippen molar-refractivity contribution in [1.29, 1.82) is 0 Å². The Bertz CT molecular complexity index is 833. The molecule has 166 valence electrons. The molecule has 0 radical (unpaired) electrons. The molecule has 3 rings (SSSR count). The first kappa shape index (κ1) is 23.0. The first-order chi connectivity index (χ1) is 15.0. The number of nitrogens with zero attached hydrogens (tertiary/aromatic N) is 1. The molecule has 0 spiro atoms. The highest BCUT2D eigenvalue weighted by atomic mass is 16.5. The summed E-state index contributed by atoms with van der Waals surface area (Å²) >= 11 is 0. The second-order valence-electron chi connectivity index (χ2n) is 8.35. The van der Waals surface area contributed by atoms with Crippen molar-refractivity contribution in [3.63, 3.8) is 0 Å². The lowest BCUT2D eigenvalue weighted by Gasteiger charge is -2.42. The predicted octanol–water partition coefficient (Wildman–Crippen LogP) is 3.08.